The Morgan fingerprint density at radius 2 is 1.86 bits per heavy atom. The second kappa shape index (κ2) is 10.9. The molecule has 10 heteroatoms. The minimum absolute atomic E-state index is 0.0330. The molecular formula is C25H27F2N3O4S. The van der Waals surface area contributed by atoms with E-state index in [9.17, 15) is 23.5 Å². The molecule has 0 atom stereocenters. The SMILES string of the molecule is CCCCOc1c(C)c(C(=O)Nc2ccc(F)cc2F)nn1-c1ccc(SC(C)(C)C(=O)O)cc1. The van der Waals surface area contributed by atoms with Gasteiger partial charge < -0.3 is 15.2 Å². The zero-order valence-corrected chi connectivity index (χ0v) is 20.7. The van der Waals surface area contributed by atoms with Crippen LogP contribution in [0.15, 0.2) is 47.4 Å². The number of rotatable bonds is 10. The molecule has 1 heterocycles. The van der Waals surface area contributed by atoms with Crippen LogP contribution in [0.1, 0.15) is 49.7 Å². The lowest BCUT2D eigenvalue weighted by Gasteiger charge is -2.18. The van der Waals surface area contributed by atoms with Crippen molar-refractivity contribution in [2.24, 2.45) is 0 Å². The topological polar surface area (TPSA) is 93.5 Å². The highest BCUT2D eigenvalue weighted by Crippen LogP contribution is 2.34. The zero-order chi connectivity index (χ0) is 25.8. The van der Waals surface area contributed by atoms with Gasteiger partial charge in [-0.1, -0.05) is 13.3 Å². The molecule has 186 valence electrons. The average Bonchev–Trinajstić information content (AvgIpc) is 3.12. The van der Waals surface area contributed by atoms with Crippen LogP contribution in [0.3, 0.4) is 0 Å². The van der Waals surface area contributed by atoms with Crippen LogP contribution in [0.4, 0.5) is 14.5 Å². The van der Waals surface area contributed by atoms with Crippen molar-refractivity contribution in [2.75, 3.05) is 11.9 Å². The van der Waals surface area contributed by atoms with Crippen LogP contribution in [0.2, 0.25) is 0 Å². The van der Waals surface area contributed by atoms with Crippen LogP contribution in [0.5, 0.6) is 5.88 Å². The number of halogens is 2. The Morgan fingerprint density at radius 1 is 1.17 bits per heavy atom. The molecule has 0 saturated heterocycles. The number of carbonyl (C=O) groups excluding carboxylic acids is 1. The summed E-state index contributed by atoms with van der Waals surface area (Å²) in [7, 11) is 0. The minimum atomic E-state index is -1.00. The number of nitrogens with zero attached hydrogens (tertiary/aromatic N) is 2. The number of carbonyl (C=O) groups is 2. The van der Waals surface area contributed by atoms with Crippen LogP contribution in [-0.2, 0) is 4.79 Å². The van der Waals surface area contributed by atoms with Gasteiger partial charge in [-0.15, -0.1) is 11.8 Å². The molecule has 0 radical (unpaired) electrons. The fourth-order valence-electron chi connectivity index (χ4n) is 3.12. The maximum absolute atomic E-state index is 14.0. The summed E-state index contributed by atoms with van der Waals surface area (Å²) in [6.07, 6.45) is 1.71. The number of amides is 1. The zero-order valence-electron chi connectivity index (χ0n) is 19.9. The molecule has 0 aliphatic rings. The number of aromatic nitrogens is 2. The summed E-state index contributed by atoms with van der Waals surface area (Å²) in [5, 5.41) is 16.2. The number of ether oxygens (including phenoxy) is 1. The molecule has 7 nitrogen and oxygen atoms in total. The Kier molecular flexibility index (Phi) is 8.16. The summed E-state index contributed by atoms with van der Waals surface area (Å²) in [6, 6.07) is 9.92. The lowest BCUT2D eigenvalue weighted by molar-refractivity contribution is -0.138. The Balaban J connectivity index is 1.93. The van der Waals surface area contributed by atoms with Crippen molar-refractivity contribution in [2.45, 2.75) is 50.2 Å². The lowest BCUT2D eigenvalue weighted by Crippen LogP contribution is -2.26. The van der Waals surface area contributed by atoms with E-state index < -0.39 is 28.3 Å². The quantitative estimate of drug-likeness (QED) is 0.266. The van der Waals surface area contributed by atoms with Crippen LogP contribution in [0, 0.1) is 18.6 Å². The number of carboxylic acid groups (broad SMARTS) is 1. The van der Waals surface area contributed by atoms with E-state index in [0.29, 0.717) is 29.8 Å². The fourth-order valence-corrected chi connectivity index (χ4v) is 4.07. The first kappa shape index (κ1) is 26.2. The highest BCUT2D eigenvalue weighted by molar-refractivity contribution is 8.01. The van der Waals surface area contributed by atoms with Crippen molar-refractivity contribution < 1.29 is 28.2 Å². The smallest absolute Gasteiger partial charge is 0.319 e. The normalized spacial score (nSPS) is 11.4. The van der Waals surface area contributed by atoms with Gasteiger partial charge in [-0.2, -0.15) is 5.10 Å². The molecular weight excluding hydrogens is 476 g/mol. The van der Waals surface area contributed by atoms with E-state index in [1.165, 1.54) is 16.4 Å². The number of anilines is 1. The fraction of sp³-hybridized carbons (Fsp3) is 0.320. The Morgan fingerprint density at radius 3 is 2.46 bits per heavy atom. The third-order valence-electron chi connectivity index (χ3n) is 5.17. The van der Waals surface area contributed by atoms with E-state index in [2.05, 4.69) is 10.4 Å². The number of hydrogen-bond acceptors (Lipinski definition) is 5. The van der Waals surface area contributed by atoms with E-state index in [-0.39, 0.29) is 11.4 Å². The first-order valence-corrected chi connectivity index (χ1v) is 11.9. The summed E-state index contributed by atoms with van der Waals surface area (Å²) >= 11 is 1.21. The first-order chi connectivity index (χ1) is 16.5. The van der Waals surface area contributed by atoms with Gasteiger partial charge in [-0.25, -0.2) is 13.5 Å². The monoisotopic (exact) mass is 503 g/mol. The molecule has 3 rings (SSSR count). The Hall–Kier alpha value is -3.40. The van der Waals surface area contributed by atoms with Crippen LogP contribution in [0.25, 0.3) is 5.69 Å². The molecule has 1 amide bonds. The number of benzene rings is 2. The number of nitrogens with one attached hydrogen (secondary N) is 1. The van der Waals surface area contributed by atoms with Crippen molar-refractivity contribution >= 4 is 29.3 Å². The van der Waals surface area contributed by atoms with E-state index in [1.54, 1.807) is 45.0 Å². The predicted octanol–water partition coefficient (Wildman–Crippen LogP) is 5.85. The average molecular weight is 504 g/mol. The summed E-state index contributed by atoms with van der Waals surface area (Å²) in [5.74, 6) is -2.86. The van der Waals surface area contributed by atoms with Gasteiger partial charge in [0.25, 0.3) is 5.91 Å². The third-order valence-corrected chi connectivity index (χ3v) is 6.36. The van der Waals surface area contributed by atoms with E-state index >= 15 is 0 Å². The molecule has 0 bridgehead atoms. The Bertz CT molecular complexity index is 1230. The van der Waals surface area contributed by atoms with E-state index in [4.69, 9.17) is 4.74 Å². The first-order valence-electron chi connectivity index (χ1n) is 11.0. The molecule has 0 saturated carbocycles. The summed E-state index contributed by atoms with van der Waals surface area (Å²) in [6.45, 7) is 7.37. The lowest BCUT2D eigenvalue weighted by atomic mass is 10.2. The van der Waals surface area contributed by atoms with Gasteiger partial charge in [-0.05, 0) is 63.6 Å². The van der Waals surface area contributed by atoms with Gasteiger partial charge in [0.15, 0.2) is 5.69 Å². The predicted molar refractivity (Wildman–Crippen MR) is 131 cm³/mol. The van der Waals surface area contributed by atoms with Gasteiger partial charge in [0.2, 0.25) is 5.88 Å². The van der Waals surface area contributed by atoms with Gasteiger partial charge in [0.1, 0.15) is 16.4 Å². The summed E-state index contributed by atoms with van der Waals surface area (Å²) in [4.78, 5) is 25.1. The molecule has 0 aliphatic carbocycles. The molecule has 2 N–H and O–H groups in total. The van der Waals surface area contributed by atoms with Crippen LogP contribution >= 0.6 is 11.8 Å². The van der Waals surface area contributed by atoms with Crippen LogP contribution < -0.4 is 10.1 Å². The third kappa shape index (κ3) is 6.19. The van der Waals surface area contributed by atoms with Crippen LogP contribution in [-0.4, -0.2) is 38.1 Å². The number of aliphatic carboxylic acids is 1. The van der Waals surface area contributed by atoms with Crippen molar-refractivity contribution in [3.05, 3.63) is 65.4 Å². The van der Waals surface area contributed by atoms with Crippen molar-refractivity contribution in [1.29, 1.82) is 0 Å². The van der Waals surface area contributed by atoms with Crippen molar-refractivity contribution in [3.8, 4) is 11.6 Å². The standard InChI is InChI=1S/C25H27F2N3O4S/c1-5-6-13-34-23-15(2)21(22(31)28-20-12-7-16(26)14-19(20)27)29-30(23)17-8-10-18(11-9-17)35-25(3,4)24(32)33/h7-12,14H,5-6,13H2,1-4H3,(H,28,31)(H,32,33). The molecule has 0 unspecified atom stereocenters. The molecule has 1 aromatic heterocycles. The Labute approximate surface area is 206 Å². The van der Waals surface area contributed by atoms with E-state index in [1.807, 2.05) is 6.92 Å². The second-order valence-electron chi connectivity index (χ2n) is 8.38. The maximum Gasteiger partial charge on any atom is 0.319 e. The van der Waals surface area contributed by atoms with E-state index in [0.717, 1.165) is 29.9 Å². The van der Waals surface area contributed by atoms with Crippen molar-refractivity contribution in [3.63, 3.8) is 0 Å². The molecule has 0 aliphatic heterocycles. The van der Waals surface area contributed by atoms with Crippen molar-refractivity contribution in [1.82, 2.24) is 9.78 Å². The summed E-state index contributed by atoms with van der Waals surface area (Å²) < 4.78 is 33.7. The molecule has 2 aromatic carbocycles. The van der Waals surface area contributed by atoms with Gasteiger partial charge >= 0.3 is 5.97 Å². The molecule has 3 aromatic rings. The number of thioether (sulfide) groups is 1. The van der Waals surface area contributed by atoms with Gasteiger partial charge in [0.05, 0.1) is 18.0 Å². The molecule has 0 spiro atoms. The minimum Gasteiger partial charge on any atom is -0.480 e. The number of carboxylic acids is 1. The van der Waals surface area contributed by atoms with Gasteiger partial charge in [-0.3, -0.25) is 9.59 Å². The number of unbranched alkanes of at least 4 members (excludes halogenated alkanes) is 1. The second-order valence-corrected chi connectivity index (χ2v) is 10.1. The highest BCUT2D eigenvalue weighted by Gasteiger charge is 2.28. The highest BCUT2D eigenvalue weighted by atomic mass is 32.2. The summed E-state index contributed by atoms with van der Waals surface area (Å²) in [5.41, 5.74) is 0.933. The largest absolute Gasteiger partial charge is 0.480 e. The number of hydrogen-bond donors (Lipinski definition) is 2. The molecule has 0 fully saturated rings. The maximum atomic E-state index is 14.0. The molecule has 35 heavy (non-hydrogen) atoms. The van der Waals surface area contributed by atoms with Gasteiger partial charge in [0, 0.05) is 16.5 Å².